The highest BCUT2D eigenvalue weighted by Gasteiger charge is 2.36. The molecule has 0 saturated heterocycles. The summed E-state index contributed by atoms with van der Waals surface area (Å²) < 4.78 is 40.6. The highest BCUT2D eigenvalue weighted by Crippen LogP contribution is 2.29. The zero-order valence-corrected chi connectivity index (χ0v) is 11.8. The van der Waals surface area contributed by atoms with Gasteiger partial charge >= 0.3 is 6.18 Å². The number of fused-ring (bicyclic) bond motifs is 1. The first-order valence-corrected chi connectivity index (χ1v) is 7.27. The van der Waals surface area contributed by atoms with Crippen LogP contribution in [0.15, 0.2) is 24.3 Å². The largest absolute Gasteiger partial charge is 0.452 e. The smallest absolute Gasteiger partial charge is 0.358 e. The van der Waals surface area contributed by atoms with Crippen LogP contribution in [0.1, 0.15) is 23.0 Å². The van der Waals surface area contributed by atoms with Crippen LogP contribution >= 0.6 is 11.5 Å². The number of halogens is 3. The average molecular weight is 314 g/mol. The highest BCUT2D eigenvalue weighted by atomic mass is 32.1. The van der Waals surface area contributed by atoms with Crippen LogP contribution in [0.5, 0.6) is 0 Å². The number of anilines is 1. The van der Waals surface area contributed by atoms with Gasteiger partial charge in [0.25, 0.3) is 0 Å². The number of hydrogen-bond donors (Lipinski definition) is 2. The molecular formula is C13H13F3N4S. The van der Waals surface area contributed by atoms with E-state index in [1.807, 2.05) is 18.2 Å². The molecule has 2 aromatic rings. The van der Waals surface area contributed by atoms with Gasteiger partial charge in [0.2, 0.25) is 11.0 Å². The number of hydrogen-bond acceptors (Lipinski definition) is 5. The Bertz CT molecular complexity index is 626. The molecule has 1 atom stereocenters. The Morgan fingerprint density at radius 1 is 1.33 bits per heavy atom. The Balaban J connectivity index is 1.68. The molecule has 1 aliphatic rings. The van der Waals surface area contributed by atoms with Crippen molar-refractivity contribution in [3.63, 3.8) is 0 Å². The Hall–Kier alpha value is -1.67. The number of benzene rings is 1. The molecule has 8 heteroatoms. The summed E-state index contributed by atoms with van der Waals surface area (Å²) in [5.41, 5.74) is 2.45. The summed E-state index contributed by atoms with van der Waals surface area (Å²) in [5, 5.41) is 6.47. The summed E-state index contributed by atoms with van der Waals surface area (Å²) in [7, 11) is 0. The third-order valence-electron chi connectivity index (χ3n) is 3.35. The van der Waals surface area contributed by atoms with E-state index in [2.05, 4.69) is 26.1 Å². The number of rotatable bonds is 3. The van der Waals surface area contributed by atoms with Crippen LogP contribution in [-0.2, 0) is 12.6 Å². The van der Waals surface area contributed by atoms with Crippen molar-refractivity contribution in [2.45, 2.75) is 18.6 Å². The summed E-state index contributed by atoms with van der Waals surface area (Å²) in [4.78, 5) is 3.47. The quantitative estimate of drug-likeness (QED) is 0.915. The van der Waals surface area contributed by atoms with Gasteiger partial charge < -0.3 is 10.6 Å². The SMILES string of the molecule is FC(F)(F)c1nsc(NCC2NCCc3ccccc32)n1. The summed E-state index contributed by atoms with van der Waals surface area (Å²) in [5.74, 6) is -1.09. The maximum absolute atomic E-state index is 12.4. The molecule has 0 saturated carbocycles. The van der Waals surface area contributed by atoms with Crippen molar-refractivity contribution in [2.75, 3.05) is 18.4 Å². The average Bonchev–Trinajstić information content (AvgIpc) is 2.94. The lowest BCUT2D eigenvalue weighted by atomic mass is 9.94. The molecule has 0 amide bonds. The third-order valence-corrected chi connectivity index (χ3v) is 4.03. The van der Waals surface area contributed by atoms with Crippen molar-refractivity contribution in [3.05, 3.63) is 41.2 Å². The molecule has 21 heavy (non-hydrogen) atoms. The predicted molar refractivity (Wildman–Crippen MR) is 74.3 cm³/mol. The predicted octanol–water partition coefficient (Wildman–Crippen LogP) is 2.86. The first-order chi connectivity index (χ1) is 10.0. The molecule has 0 radical (unpaired) electrons. The molecule has 0 fully saturated rings. The van der Waals surface area contributed by atoms with E-state index in [0.717, 1.165) is 24.5 Å². The second kappa shape index (κ2) is 5.61. The van der Waals surface area contributed by atoms with Crippen LogP contribution in [-0.4, -0.2) is 22.4 Å². The molecule has 112 valence electrons. The molecule has 1 unspecified atom stereocenters. The van der Waals surface area contributed by atoms with Crippen LogP contribution in [0.25, 0.3) is 0 Å². The van der Waals surface area contributed by atoms with Crippen LogP contribution in [0.4, 0.5) is 18.3 Å². The van der Waals surface area contributed by atoms with E-state index in [4.69, 9.17) is 0 Å². The summed E-state index contributed by atoms with van der Waals surface area (Å²) in [6.07, 6.45) is -3.53. The van der Waals surface area contributed by atoms with Crippen molar-refractivity contribution < 1.29 is 13.2 Å². The van der Waals surface area contributed by atoms with Gasteiger partial charge in [-0.1, -0.05) is 24.3 Å². The Labute approximate surface area is 123 Å². The second-order valence-electron chi connectivity index (χ2n) is 4.76. The molecule has 2 N–H and O–H groups in total. The van der Waals surface area contributed by atoms with E-state index in [-0.39, 0.29) is 11.2 Å². The Kier molecular flexibility index (Phi) is 3.81. The molecule has 3 rings (SSSR count). The molecule has 1 aromatic heterocycles. The maximum atomic E-state index is 12.4. The zero-order valence-electron chi connectivity index (χ0n) is 10.9. The first-order valence-electron chi connectivity index (χ1n) is 6.50. The summed E-state index contributed by atoms with van der Waals surface area (Å²) in [6.45, 7) is 1.33. The van der Waals surface area contributed by atoms with Gasteiger partial charge in [0.05, 0.1) is 0 Å². The molecule has 1 aliphatic heterocycles. The van der Waals surface area contributed by atoms with Gasteiger partial charge in [0.1, 0.15) is 0 Å². The number of nitrogens with one attached hydrogen (secondary N) is 2. The number of aromatic nitrogens is 2. The zero-order chi connectivity index (χ0) is 14.9. The second-order valence-corrected chi connectivity index (χ2v) is 5.51. The van der Waals surface area contributed by atoms with Gasteiger partial charge in [-0.2, -0.15) is 22.5 Å². The molecule has 1 aromatic carbocycles. The van der Waals surface area contributed by atoms with Gasteiger partial charge in [-0.15, -0.1) is 0 Å². The van der Waals surface area contributed by atoms with E-state index in [9.17, 15) is 13.2 Å². The standard InChI is InChI=1S/C13H13F3N4S/c14-13(15,16)11-19-12(21-20-11)18-7-10-9-4-2-1-3-8(9)5-6-17-10/h1-4,10,17H,5-7H2,(H,18,19,20). The fourth-order valence-electron chi connectivity index (χ4n) is 2.37. The van der Waals surface area contributed by atoms with E-state index >= 15 is 0 Å². The van der Waals surface area contributed by atoms with Gasteiger partial charge in [-0.3, -0.25) is 0 Å². The lowest BCUT2D eigenvalue weighted by molar-refractivity contribution is -0.144. The molecule has 0 bridgehead atoms. The Morgan fingerprint density at radius 2 is 2.14 bits per heavy atom. The van der Waals surface area contributed by atoms with Crippen LogP contribution < -0.4 is 10.6 Å². The minimum absolute atomic E-state index is 0.0631. The highest BCUT2D eigenvalue weighted by molar-refractivity contribution is 7.09. The lowest BCUT2D eigenvalue weighted by Crippen LogP contribution is -2.34. The fraction of sp³-hybridized carbons (Fsp3) is 0.385. The third kappa shape index (κ3) is 3.16. The normalized spacial score (nSPS) is 18.3. The molecular weight excluding hydrogens is 301 g/mol. The number of alkyl halides is 3. The van der Waals surface area contributed by atoms with Crippen molar-refractivity contribution in [3.8, 4) is 0 Å². The van der Waals surface area contributed by atoms with Crippen molar-refractivity contribution >= 4 is 16.7 Å². The number of nitrogens with zero attached hydrogens (tertiary/aromatic N) is 2. The minimum Gasteiger partial charge on any atom is -0.358 e. The van der Waals surface area contributed by atoms with E-state index in [1.165, 1.54) is 11.1 Å². The van der Waals surface area contributed by atoms with Crippen molar-refractivity contribution in [2.24, 2.45) is 0 Å². The van der Waals surface area contributed by atoms with Gasteiger partial charge in [-0.25, -0.2) is 0 Å². The topological polar surface area (TPSA) is 49.8 Å². The van der Waals surface area contributed by atoms with E-state index < -0.39 is 12.0 Å². The summed E-state index contributed by atoms with van der Waals surface area (Å²) in [6, 6.07) is 8.14. The van der Waals surface area contributed by atoms with Crippen molar-refractivity contribution in [1.29, 1.82) is 0 Å². The first kappa shape index (κ1) is 14.3. The fourth-order valence-corrected chi connectivity index (χ4v) is 2.97. The van der Waals surface area contributed by atoms with Crippen LogP contribution in [0.2, 0.25) is 0 Å². The van der Waals surface area contributed by atoms with E-state index in [0.29, 0.717) is 6.54 Å². The molecule has 0 aliphatic carbocycles. The maximum Gasteiger partial charge on any atom is 0.452 e. The van der Waals surface area contributed by atoms with Crippen molar-refractivity contribution in [1.82, 2.24) is 14.7 Å². The van der Waals surface area contributed by atoms with Gasteiger partial charge in [-0.05, 0) is 24.1 Å². The molecule has 4 nitrogen and oxygen atoms in total. The summed E-state index contributed by atoms with van der Waals surface area (Å²) >= 11 is 0.726. The minimum atomic E-state index is -4.49. The van der Waals surface area contributed by atoms with Gasteiger partial charge in [0, 0.05) is 24.1 Å². The van der Waals surface area contributed by atoms with E-state index in [1.54, 1.807) is 0 Å². The van der Waals surface area contributed by atoms with Gasteiger partial charge in [0.15, 0.2) is 0 Å². The lowest BCUT2D eigenvalue weighted by Gasteiger charge is -2.26. The molecule has 0 spiro atoms. The van der Waals surface area contributed by atoms with Crippen LogP contribution in [0.3, 0.4) is 0 Å². The Morgan fingerprint density at radius 3 is 2.90 bits per heavy atom. The molecule has 2 heterocycles. The monoisotopic (exact) mass is 314 g/mol. The van der Waals surface area contributed by atoms with Crippen LogP contribution in [0, 0.1) is 0 Å².